The first kappa shape index (κ1) is 10.8. The fraction of sp³-hybridized carbons (Fsp3) is 0.417. The minimum Gasteiger partial charge on any atom is -0.387 e. The van der Waals surface area contributed by atoms with Crippen LogP contribution in [-0.4, -0.2) is 5.84 Å². The molecule has 2 N–H and O–H groups in total. The van der Waals surface area contributed by atoms with Gasteiger partial charge in [0.15, 0.2) is 0 Å². The summed E-state index contributed by atoms with van der Waals surface area (Å²) < 4.78 is 0. The molecule has 2 heteroatoms. The summed E-state index contributed by atoms with van der Waals surface area (Å²) in [4.78, 5) is 4.31. The Hall–Kier alpha value is -1.31. The number of amidine groups is 1. The molecule has 76 valence electrons. The summed E-state index contributed by atoms with van der Waals surface area (Å²) in [5, 5.41) is 0. The Kier molecular flexibility index (Phi) is 3.69. The molecule has 0 unspecified atom stereocenters. The lowest BCUT2D eigenvalue weighted by atomic mass is 10.0. The number of hydrogen-bond acceptors (Lipinski definition) is 1. The van der Waals surface area contributed by atoms with E-state index in [-0.39, 0.29) is 0 Å². The van der Waals surface area contributed by atoms with E-state index >= 15 is 0 Å². The quantitative estimate of drug-likeness (QED) is 0.577. The Labute approximate surface area is 85.9 Å². The van der Waals surface area contributed by atoms with Gasteiger partial charge in [0.2, 0.25) is 0 Å². The van der Waals surface area contributed by atoms with Gasteiger partial charge < -0.3 is 5.73 Å². The van der Waals surface area contributed by atoms with E-state index in [4.69, 9.17) is 5.73 Å². The van der Waals surface area contributed by atoms with E-state index in [9.17, 15) is 0 Å². The van der Waals surface area contributed by atoms with E-state index in [1.807, 2.05) is 19.1 Å². The predicted octanol–water partition coefficient (Wildman–Crippen LogP) is 3.21. The lowest BCUT2D eigenvalue weighted by molar-refractivity contribution is 0.867. The SMILES string of the molecule is CCC(N)=Nc1cccc(C(C)C)c1. The second-order valence-electron chi connectivity index (χ2n) is 3.71. The zero-order chi connectivity index (χ0) is 10.6. The maximum atomic E-state index is 5.68. The summed E-state index contributed by atoms with van der Waals surface area (Å²) >= 11 is 0. The third-order valence-electron chi connectivity index (χ3n) is 2.17. The topological polar surface area (TPSA) is 38.4 Å². The average molecular weight is 190 g/mol. The van der Waals surface area contributed by atoms with Crippen molar-refractivity contribution in [3.8, 4) is 0 Å². The average Bonchev–Trinajstić information content (AvgIpc) is 2.18. The van der Waals surface area contributed by atoms with Crippen LogP contribution in [0.15, 0.2) is 29.3 Å². The second-order valence-corrected chi connectivity index (χ2v) is 3.71. The molecule has 2 nitrogen and oxygen atoms in total. The zero-order valence-corrected chi connectivity index (χ0v) is 9.12. The van der Waals surface area contributed by atoms with Gasteiger partial charge in [-0.25, -0.2) is 4.99 Å². The Morgan fingerprint density at radius 2 is 2.14 bits per heavy atom. The molecule has 0 aliphatic carbocycles. The normalized spacial score (nSPS) is 12.1. The molecule has 0 radical (unpaired) electrons. The molecular formula is C12H18N2. The van der Waals surface area contributed by atoms with Crippen LogP contribution in [0.1, 0.15) is 38.7 Å². The summed E-state index contributed by atoms with van der Waals surface area (Å²) in [6, 6.07) is 8.21. The number of nitrogens with two attached hydrogens (primary N) is 1. The van der Waals surface area contributed by atoms with Crippen LogP contribution >= 0.6 is 0 Å². The lowest BCUT2D eigenvalue weighted by Crippen LogP contribution is -2.08. The Bertz CT molecular complexity index is 327. The maximum Gasteiger partial charge on any atom is 0.0993 e. The van der Waals surface area contributed by atoms with Crippen molar-refractivity contribution >= 4 is 11.5 Å². The number of hydrogen-bond donors (Lipinski definition) is 1. The lowest BCUT2D eigenvalue weighted by Gasteiger charge is -2.05. The standard InChI is InChI=1S/C12H18N2/c1-4-12(13)14-11-7-5-6-10(8-11)9(2)3/h5-9H,4H2,1-3H3,(H2,13,14). The molecule has 0 bridgehead atoms. The monoisotopic (exact) mass is 190 g/mol. The molecule has 0 heterocycles. The zero-order valence-electron chi connectivity index (χ0n) is 9.12. The van der Waals surface area contributed by atoms with Crippen LogP contribution in [-0.2, 0) is 0 Å². The highest BCUT2D eigenvalue weighted by molar-refractivity contribution is 5.82. The van der Waals surface area contributed by atoms with Gasteiger partial charge in [-0.2, -0.15) is 0 Å². The van der Waals surface area contributed by atoms with Crippen molar-refractivity contribution in [2.75, 3.05) is 0 Å². The van der Waals surface area contributed by atoms with Gasteiger partial charge in [-0.1, -0.05) is 32.9 Å². The Morgan fingerprint density at radius 3 is 2.71 bits per heavy atom. The minimum absolute atomic E-state index is 0.535. The maximum absolute atomic E-state index is 5.68. The summed E-state index contributed by atoms with van der Waals surface area (Å²) in [6.45, 7) is 6.35. The Balaban J connectivity index is 2.94. The van der Waals surface area contributed by atoms with Crippen molar-refractivity contribution < 1.29 is 0 Å². The third-order valence-corrected chi connectivity index (χ3v) is 2.17. The molecule has 0 atom stereocenters. The van der Waals surface area contributed by atoms with Crippen LogP contribution in [0, 0.1) is 0 Å². The molecular weight excluding hydrogens is 172 g/mol. The molecule has 0 fully saturated rings. The number of nitrogens with zero attached hydrogens (tertiary/aromatic N) is 1. The van der Waals surface area contributed by atoms with Gasteiger partial charge in [-0.3, -0.25) is 0 Å². The third kappa shape index (κ3) is 2.87. The molecule has 1 aromatic carbocycles. The van der Waals surface area contributed by atoms with Crippen molar-refractivity contribution in [3.05, 3.63) is 29.8 Å². The first-order valence-electron chi connectivity index (χ1n) is 5.06. The van der Waals surface area contributed by atoms with Gasteiger partial charge in [-0.05, 0) is 23.6 Å². The highest BCUT2D eigenvalue weighted by atomic mass is 14.8. The first-order valence-corrected chi connectivity index (χ1v) is 5.06. The van der Waals surface area contributed by atoms with E-state index in [2.05, 4.69) is 31.0 Å². The molecule has 0 amide bonds. The molecule has 0 aliphatic rings. The Morgan fingerprint density at radius 1 is 1.43 bits per heavy atom. The van der Waals surface area contributed by atoms with Gasteiger partial charge in [-0.15, -0.1) is 0 Å². The molecule has 14 heavy (non-hydrogen) atoms. The smallest absolute Gasteiger partial charge is 0.0993 e. The van der Waals surface area contributed by atoms with E-state index < -0.39 is 0 Å². The van der Waals surface area contributed by atoms with Crippen LogP contribution < -0.4 is 5.73 Å². The van der Waals surface area contributed by atoms with Gasteiger partial charge in [0.25, 0.3) is 0 Å². The first-order chi connectivity index (χ1) is 6.63. The summed E-state index contributed by atoms with van der Waals surface area (Å²) in [6.07, 6.45) is 0.798. The van der Waals surface area contributed by atoms with Crippen LogP contribution in [0.3, 0.4) is 0 Å². The number of rotatable bonds is 3. The van der Waals surface area contributed by atoms with Crippen molar-refractivity contribution in [2.45, 2.75) is 33.1 Å². The van der Waals surface area contributed by atoms with E-state index in [0.717, 1.165) is 12.1 Å². The highest BCUT2D eigenvalue weighted by Gasteiger charge is 1.99. The van der Waals surface area contributed by atoms with Crippen molar-refractivity contribution in [1.82, 2.24) is 0 Å². The molecule has 0 aliphatic heterocycles. The van der Waals surface area contributed by atoms with Crippen molar-refractivity contribution in [2.24, 2.45) is 10.7 Å². The number of benzene rings is 1. The molecule has 1 aromatic rings. The number of aliphatic imine (C=N–C) groups is 1. The summed E-state index contributed by atoms with van der Waals surface area (Å²) in [7, 11) is 0. The fourth-order valence-electron chi connectivity index (χ4n) is 1.20. The van der Waals surface area contributed by atoms with Crippen LogP contribution in [0.4, 0.5) is 5.69 Å². The molecule has 0 saturated carbocycles. The van der Waals surface area contributed by atoms with E-state index in [1.54, 1.807) is 0 Å². The highest BCUT2D eigenvalue weighted by Crippen LogP contribution is 2.20. The van der Waals surface area contributed by atoms with Crippen LogP contribution in [0.2, 0.25) is 0 Å². The predicted molar refractivity (Wildman–Crippen MR) is 62.1 cm³/mol. The molecule has 0 aromatic heterocycles. The van der Waals surface area contributed by atoms with E-state index in [0.29, 0.717) is 11.8 Å². The van der Waals surface area contributed by atoms with Crippen molar-refractivity contribution in [1.29, 1.82) is 0 Å². The van der Waals surface area contributed by atoms with E-state index in [1.165, 1.54) is 5.56 Å². The summed E-state index contributed by atoms with van der Waals surface area (Å²) in [5.41, 5.74) is 7.94. The minimum atomic E-state index is 0.535. The van der Waals surface area contributed by atoms with Crippen LogP contribution in [0.25, 0.3) is 0 Å². The largest absolute Gasteiger partial charge is 0.387 e. The van der Waals surface area contributed by atoms with Gasteiger partial charge in [0.1, 0.15) is 0 Å². The van der Waals surface area contributed by atoms with Crippen LogP contribution in [0.5, 0.6) is 0 Å². The molecule has 1 rings (SSSR count). The second kappa shape index (κ2) is 4.80. The van der Waals surface area contributed by atoms with Crippen molar-refractivity contribution in [3.63, 3.8) is 0 Å². The molecule has 0 spiro atoms. The summed E-state index contributed by atoms with van der Waals surface area (Å²) in [5.74, 6) is 1.22. The molecule has 0 saturated heterocycles. The van der Waals surface area contributed by atoms with Gasteiger partial charge in [0.05, 0.1) is 11.5 Å². The fourth-order valence-corrected chi connectivity index (χ4v) is 1.20. The van der Waals surface area contributed by atoms with Gasteiger partial charge in [0, 0.05) is 6.42 Å². The van der Waals surface area contributed by atoms with Gasteiger partial charge >= 0.3 is 0 Å².